The molecule has 0 amide bonds. The van der Waals surface area contributed by atoms with Crippen LogP contribution in [0.15, 0.2) is 45.8 Å². The van der Waals surface area contributed by atoms with Gasteiger partial charge in [0.25, 0.3) is 0 Å². The van der Waals surface area contributed by atoms with Crippen molar-refractivity contribution in [3.05, 3.63) is 72.6 Å². The molecule has 108 valence electrons. The second kappa shape index (κ2) is 6.01. The van der Waals surface area contributed by atoms with Crippen LogP contribution in [-0.4, -0.2) is 15.3 Å². The molecule has 0 aliphatic heterocycles. The summed E-state index contributed by atoms with van der Waals surface area (Å²) in [6, 6.07) is 8.03. The summed E-state index contributed by atoms with van der Waals surface area (Å²) in [5.74, 6) is -0.288. The lowest BCUT2D eigenvalue weighted by Gasteiger charge is -2.06. The summed E-state index contributed by atoms with van der Waals surface area (Å²) in [7, 11) is 0. The fourth-order valence-electron chi connectivity index (χ4n) is 1.82. The fourth-order valence-corrected chi connectivity index (χ4v) is 2.28. The van der Waals surface area contributed by atoms with Gasteiger partial charge >= 0.3 is 11.2 Å². The zero-order valence-corrected chi connectivity index (χ0v) is 12.7. The molecule has 2 rings (SSSR count). The van der Waals surface area contributed by atoms with Crippen LogP contribution in [0.25, 0.3) is 0 Å². The topological polar surface area (TPSA) is 82.2 Å². The third-order valence-corrected chi connectivity index (χ3v) is 3.35. The van der Waals surface area contributed by atoms with Crippen LogP contribution in [0.3, 0.4) is 0 Å². The summed E-state index contributed by atoms with van der Waals surface area (Å²) < 4.78 is 1.40. The molecule has 0 atom stereocenters. The average molecular weight is 351 g/mol. The number of nitrogens with zero attached hydrogens (tertiary/aromatic N) is 2. The number of pyridine rings is 1. The number of aromatic nitrogens is 1. The molecule has 1 heterocycles. The number of benzene rings is 1. The van der Waals surface area contributed by atoms with Crippen molar-refractivity contribution in [1.29, 1.82) is 0 Å². The number of rotatable bonds is 4. The van der Waals surface area contributed by atoms with E-state index in [0.29, 0.717) is 10.0 Å². The van der Waals surface area contributed by atoms with Crippen molar-refractivity contribution in [2.75, 3.05) is 0 Å². The average Bonchev–Trinajstić information content (AvgIpc) is 2.42. The molecule has 0 fully saturated rings. The van der Waals surface area contributed by atoms with E-state index < -0.39 is 16.2 Å². The highest BCUT2D eigenvalue weighted by atomic mass is 79.9. The molecule has 2 aromatic rings. The molecular weight excluding hydrogens is 340 g/mol. The van der Waals surface area contributed by atoms with Gasteiger partial charge < -0.3 is 4.57 Å². The Hall–Kier alpha value is -2.28. The van der Waals surface area contributed by atoms with E-state index in [-0.39, 0.29) is 12.3 Å². The maximum absolute atomic E-state index is 12.1. The number of Topliss-reactive ketones (excluding diaryl/α,β-unsaturated/α-hetero) is 1. The highest BCUT2D eigenvalue weighted by Gasteiger charge is 2.17. The summed E-state index contributed by atoms with van der Waals surface area (Å²) in [6.07, 6.45) is 1.36. The molecule has 7 heteroatoms. The molecule has 0 radical (unpaired) electrons. The van der Waals surface area contributed by atoms with Gasteiger partial charge in [-0.2, -0.15) is 0 Å². The number of hydrogen-bond donors (Lipinski definition) is 0. The molecule has 1 aromatic carbocycles. The van der Waals surface area contributed by atoms with Crippen LogP contribution in [0.4, 0.5) is 5.69 Å². The van der Waals surface area contributed by atoms with Crippen LogP contribution < -0.4 is 5.56 Å². The number of carbonyl (C=O) groups excluding carboxylic acids is 1. The summed E-state index contributed by atoms with van der Waals surface area (Å²) in [4.78, 5) is 34.1. The first-order valence-electron chi connectivity index (χ1n) is 6.02. The van der Waals surface area contributed by atoms with Crippen LogP contribution in [0.1, 0.15) is 15.9 Å². The van der Waals surface area contributed by atoms with Crippen molar-refractivity contribution in [2.24, 2.45) is 0 Å². The van der Waals surface area contributed by atoms with E-state index >= 15 is 0 Å². The summed E-state index contributed by atoms with van der Waals surface area (Å²) >= 11 is 3.10. The molecule has 1 aromatic heterocycles. The Kier molecular flexibility index (Phi) is 4.32. The molecule has 0 aliphatic rings. The van der Waals surface area contributed by atoms with Gasteiger partial charge in [0.05, 0.1) is 11.5 Å². The maximum atomic E-state index is 12.1. The monoisotopic (exact) mass is 350 g/mol. The van der Waals surface area contributed by atoms with Crippen LogP contribution in [0.2, 0.25) is 0 Å². The quantitative estimate of drug-likeness (QED) is 0.482. The Morgan fingerprint density at radius 2 is 1.95 bits per heavy atom. The SMILES string of the molecule is Cc1ccc(C(=O)Cn2cc(Br)cc([N+](=O)[O-])c2=O)cc1. The second-order valence-corrected chi connectivity index (χ2v) is 5.44. The third-order valence-electron chi connectivity index (χ3n) is 2.92. The van der Waals surface area contributed by atoms with E-state index in [0.717, 1.165) is 16.2 Å². The standard InChI is InChI=1S/C14H11BrN2O4/c1-9-2-4-10(5-3-9)13(18)8-16-7-11(15)6-12(14(16)19)17(20)21/h2-7H,8H2,1H3. The minimum absolute atomic E-state index is 0.248. The molecule has 0 N–H and O–H groups in total. The first kappa shape index (κ1) is 15.1. The number of halogens is 1. The van der Waals surface area contributed by atoms with E-state index in [2.05, 4.69) is 15.9 Å². The molecule has 0 unspecified atom stereocenters. The minimum atomic E-state index is -0.802. The first-order valence-corrected chi connectivity index (χ1v) is 6.82. The molecule has 0 spiro atoms. The van der Waals surface area contributed by atoms with Crippen LogP contribution in [-0.2, 0) is 6.54 Å². The second-order valence-electron chi connectivity index (χ2n) is 4.52. The van der Waals surface area contributed by atoms with Crippen molar-refractivity contribution in [2.45, 2.75) is 13.5 Å². The zero-order valence-electron chi connectivity index (χ0n) is 11.1. The van der Waals surface area contributed by atoms with Crippen LogP contribution in [0, 0.1) is 17.0 Å². The van der Waals surface area contributed by atoms with Crippen molar-refractivity contribution >= 4 is 27.4 Å². The Morgan fingerprint density at radius 3 is 2.52 bits per heavy atom. The van der Waals surface area contributed by atoms with Gasteiger partial charge in [0.2, 0.25) is 0 Å². The highest BCUT2D eigenvalue weighted by molar-refractivity contribution is 9.10. The fraction of sp³-hybridized carbons (Fsp3) is 0.143. The molecule has 21 heavy (non-hydrogen) atoms. The van der Waals surface area contributed by atoms with Crippen molar-refractivity contribution < 1.29 is 9.72 Å². The van der Waals surface area contributed by atoms with Gasteiger partial charge in [-0.3, -0.25) is 19.7 Å². The number of nitro groups is 1. The lowest BCUT2D eigenvalue weighted by molar-refractivity contribution is -0.386. The Balaban J connectivity index is 2.35. The highest BCUT2D eigenvalue weighted by Crippen LogP contribution is 2.14. The van der Waals surface area contributed by atoms with Gasteiger partial charge in [0.1, 0.15) is 0 Å². The Labute approximate surface area is 128 Å². The Bertz CT molecular complexity index is 766. The van der Waals surface area contributed by atoms with E-state index in [1.54, 1.807) is 24.3 Å². The van der Waals surface area contributed by atoms with E-state index in [1.807, 2.05) is 6.92 Å². The zero-order chi connectivity index (χ0) is 15.6. The number of aryl methyl sites for hydroxylation is 1. The molecule has 0 bridgehead atoms. The minimum Gasteiger partial charge on any atom is -0.301 e. The van der Waals surface area contributed by atoms with Gasteiger partial charge in [-0.15, -0.1) is 0 Å². The Morgan fingerprint density at radius 1 is 1.33 bits per heavy atom. The van der Waals surface area contributed by atoms with Crippen molar-refractivity contribution in [3.8, 4) is 0 Å². The van der Waals surface area contributed by atoms with Crippen LogP contribution in [0.5, 0.6) is 0 Å². The predicted molar refractivity (Wildman–Crippen MR) is 80.6 cm³/mol. The first-order chi connectivity index (χ1) is 9.88. The van der Waals surface area contributed by atoms with Gasteiger partial charge in [0.15, 0.2) is 5.78 Å². The van der Waals surface area contributed by atoms with Gasteiger partial charge in [-0.25, -0.2) is 0 Å². The molecule has 0 saturated carbocycles. The smallest absolute Gasteiger partial charge is 0.301 e. The van der Waals surface area contributed by atoms with Crippen LogP contribution >= 0.6 is 15.9 Å². The van der Waals surface area contributed by atoms with Gasteiger partial charge in [-0.1, -0.05) is 29.8 Å². The van der Waals surface area contributed by atoms with E-state index in [1.165, 1.54) is 6.20 Å². The number of carbonyl (C=O) groups is 1. The van der Waals surface area contributed by atoms with Crippen molar-refractivity contribution in [3.63, 3.8) is 0 Å². The third kappa shape index (κ3) is 3.43. The molecule has 0 aliphatic carbocycles. The lowest BCUT2D eigenvalue weighted by Crippen LogP contribution is -2.25. The van der Waals surface area contributed by atoms with E-state index in [4.69, 9.17) is 0 Å². The summed E-state index contributed by atoms with van der Waals surface area (Å²) in [5.41, 5.74) is 0.0988. The predicted octanol–water partition coefficient (Wildman–Crippen LogP) is 2.71. The summed E-state index contributed by atoms with van der Waals surface area (Å²) in [5, 5.41) is 10.8. The lowest BCUT2D eigenvalue weighted by atomic mass is 10.1. The number of ketones is 1. The summed E-state index contributed by atoms with van der Waals surface area (Å²) in [6.45, 7) is 1.65. The number of hydrogen-bond acceptors (Lipinski definition) is 4. The van der Waals surface area contributed by atoms with Gasteiger partial charge in [0, 0.05) is 22.3 Å². The molecule has 0 saturated heterocycles. The largest absolute Gasteiger partial charge is 0.335 e. The molecule has 6 nitrogen and oxygen atoms in total. The maximum Gasteiger partial charge on any atom is 0.335 e. The normalized spacial score (nSPS) is 10.4. The van der Waals surface area contributed by atoms with E-state index in [9.17, 15) is 19.7 Å². The van der Waals surface area contributed by atoms with Crippen molar-refractivity contribution in [1.82, 2.24) is 4.57 Å². The molecular formula is C14H11BrN2O4. The van der Waals surface area contributed by atoms with Gasteiger partial charge in [-0.05, 0) is 22.9 Å².